The SMILES string of the molecule is C=C(C(=O)OCCC[SiH3])C(OC(C)C)OC(C)C. The summed E-state index contributed by atoms with van der Waals surface area (Å²) in [7, 11) is 1.13. The second-order valence-corrected chi connectivity index (χ2v) is 5.72. The zero-order chi connectivity index (χ0) is 14.1. The number of ether oxygens (including phenoxy) is 3. The van der Waals surface area contributed by atoms with Gasteiger partial charge in [-0.2, -0.15) is 0 Å². The van der Waals surface area contributed by atoms with Crippen LogP contribution in [0, 0.1) is 0 Å². The Bertz CT molecular complexity index is 254. The van der Waals surface area contributed by atoms with Crippen LogP contribution in [0.25, 0.3) is 0 Å². The molecule has 0 saturated carbocycles. The Labute approximate surface area is 113 Å². The molecule has 0 amide bonds. The molecule has 0 saturated heterocycles. The lowest BCUT2D eigenvalue weighted by Crippen LogP contribution is -2.30. The van der Waals surface area contributed by atoms with Crippen LogP contribution in [0.15, 0.2) is 12.2 Å². The summed E-state index contributed by atoms with van der Waals surface area (Å²) in [5.41, 5.74) is 0.228. The lowest BCUT2D eigenvalue weighted by atomic mass is 10.3. The third-order valence-corrected chi connectivity index (χ3v) is 2.78. The van der Waals surface area contributed by atoms with Crippen molar-refractivity contribution in [3.05, 3.63) is 12.2 Å². The first-order valence-corrected chi connectivity index (χ1v) is 7.96. The Morgan fingerprint density at radius 3 is 2.06 bits per heavy atom. The number of carbonyl (C=O) groups is 1. The van der Waals surface area contributed by atoms with Gasteiger partial charge in [-0.25, -0.2) is 4.79 Å². The van der Waals surface area contributed by atoms with Crippen LogP contribution < -0.4 is 0 Å². The van der Waals surface area contributed by atoms with Crippen molar-refractivity contribution in [1.82, 2.24) is 0 Å². The average Bonchev–Trinajstić information content (AvgIpc) is 2.26. The summed E-state index contributed by atoms with van der Waals surface area (Å²) in [6, 6.07) is 1.12. The molecule has 0 spiro atoms. The molecule has 0 bridgehead atoms. The lowest BCUT2D eigenvalue weighted by Gasteiger charge is -2.23. The van der Waals surface area contributed by atoms with Crippen LogP contribution in [-0.4, -0.2) is 41.3 Å². The second kappa shape index (κ2) is 9.30. The van der Waals surface area contributed by atoms with Crippen LogP contribution in [0.5, 0.6) is 0 Å². The number of rotatable bonds is 9. The third kappa shape index (κ3) is 7.63. The van der Waals surface area contributed by atoms with Gasteiger partial charge in [0.2, 0.25) is 0 Å². The Balaban J connectivity index is 4.38. The molecule has 0 heterocycles. The molecule has 0 radical (unpaired) electrons. The molecule has 5 heteroatoms. The van der Waals surface area contributed by atoms with E-state index in [4.69, 9.17) is 14.2 Å². The molecule has 0 aromatic rings. The van der Waals surface area contributed by atoms with Gasteiger partial charge < -0.3 is 14.2 Å². The molecule has 0 fully saturated rings. The maximum absolute atomic E-state index is 11.8. The molecule has 106 valence electrons. The molecule has 0 atom stereocenters. The number of carbonyl (C=O) groups excluding carboxylic acids is 1. The van der Waals surface area contributed by atoms with Gasteiger partial charge >= 0.3 is 5.97 Å². The van der Waals surface area contributed by atoms with Crippen LogP contribution >= 0.6 is 0 Å². The van der Waals surface area contributed by atoms with Gasteiger partial charge in [-0.1, -0.05) is 12.6 Å². The molecular formula is C13H26O4Si. The largest absolute Gasteiger partial charge is 0.462 e. The van der Waals surface area contributed by atoms with Crippen LogP contribution in [0.3, 0.4) is 0 Å². The Kier molecular flexibility index (Phi) is 8.96. The summed E-state index contributed by atoms with van der Waals surface area (Å²) in [6.07, 6.45) is 0.0970. The first-order chi connectivity index (χ1) is 8.38. The molecule has 0 rings (SSSR count). The van der Waals surface area contributed by atoms with E-state index in [1.807, 2.05) is 27.7 Å². The molecule has 0 aliphatic carbocycles. The molecule has 0 N–H and O–H groups in total. The molecule has 0 aromatic carbocycles. The van der Waals surface area contributed by atoms with Crippen molar-refractivity contribution in [2.24, 2.45) is 0 Å². The smallest absolute Gasteiger partial charge is 0.338 e. The number of hydrogen-bond acceptors (Lipinski definition) is 4. The fraction of sp³-hybridized carbons (Fsp3) is 0.769. The monoisotopic (exact) mass is 274 g/mol. The van der Waals surface area contributed by atoms with E-state index < -0.39 is 12.3 Å². The standard InChI is InChI=1S/C13H26O4Si/c1-9(2)16-13(17-10(3)4)11(5)12(14)15-7-6-8-18/h9-10,13H,5-8H2,1-4,18H3. The first-order valence-electron chi connectivity index (χ1n) is 6.55. The maximum Gasteiger partial charge on any atom is 0.338 e. The average molecular weight is 274 g/mol. The van der Waals surface area contributed by atoms with Gasteiger partial charge in [0, 0.05) is 10.2 Å². The van der Waals surface area contributed by atoms with Gasteiger partial charge in [0.05, 0.1) is 24.4 Å². The van der Waals surface area contributed by atoms with Gasteiger partial charge in [-0.3, -0.25) is 0 Å². The number of esters is 1. The van der Waals surface area contributed by atoms with Crippen molar-refractivity contribution in [2.75, 3.05) is 6.61 Å². The normalized spacial score (nSPS) is 11.5. The fourth-order valence-corrected chi connectivity index (χ4v) is 1.48. The molecule has 18 heavy (non-hydrogen) atoms. The summed E-state index contributed by atoms with van der Waals surface area (Å²) in [5.74, 6) is -0.434. The van der Waals surface area contributed by atoms with E-state index in [0.717, 1.165) is 22.7 Å². The Morgan fingerprint density at radius 2 is 1.67 bits per heavy atom. The van der Waals surface area contributed by atoms with E-state index >= 15 is 0 Å². The zero-order valence-electron chi connectivity index (χ0n) is 12.2. The highest BCUT2D eigenvalue weighted by Crippen LogP contribution is 2.13. The molecule has 0 unspecified atom stereocenters. The lowest BCUT2D eigenvalue weighted by molar-refractivity contribution is -0.170. The summed E-state index contributed by atoms with van der Waals surface area (Å²) in [4.78, 5) is 11.8. The molecule has 0 aliphatic rings. The second-order valence-electron chi connectivity index (χ2n) is 4.72. The van der Waals surface area contributed by atoms with Crippen LogP contribution in [0.1, 0.15) is 34.1 Å². The zero-order valence-corrected chi connectivity index (χ0v) is 14.2. The summed E-state index contributed by atoms with van der Waals surface area (Å²) >= 11 is 0. The van der Waals surface area contributed by atoms with Gasteiger partial charge in [0.25, 0.3) is 0 Å². The van der Waals surface area contributed by atoms with Gasteiger partial charge in [0.15, 0.2) is 6.29 Å². The van der Waals surface area contributed by atoms with Crippen molar-refractivity contribution < 1.29 is 19.0 Å². The number of hydrogen-bond donors (Lipinski definition) is 0. The summed E-state index contributed by atoms with van der Waals surface area (Å²) in [6.45, 7) is 11.7. The van der Waals surface area contributed by atoms with E-state index in [2.05, 4.69) is 6.58 Å². The quantitative estimate of drug-likeness (QED) is 0.210. The summed E-state index contributed by atoms with van der Waals surface area (Å²) in [5, 5.41) is 0. The van der Waals surface area contributed by atoms with Crippen LogP contribution in [-0.2, 0) is 19.0 Å². The highest BCUT2D eigenvalue weighted by Gasteiger charge is 2.23. The van der Waals surface area contributed by atoms with Crippen molar-refractivity contribution in [3.8, 4) is 0 Å². The van der Waals surface area contributed by atoms with Crippen molar-refractivity contribution >= 4 is 16.2 Å². The van der Waals surface area contributed by atoms with Crippen molar-refractivity contribution in [2.45, 2.75) is 58.7 Å². The Hall–Kier alpha value is -0.653. The van der Waals surface area contributed by atoms with E-state index in [-0.39, 0.29) is 17.8 Å². The van der Waals surface area contributed by atoms with Crippen molar-refractivity contribution in [1.29, 1.82) is 0 Å². The predicted molar refractivity (Wildman–Crippen MR) is 75.7 cm³/mol. The summed E-state index contributed by atoms with van der Waals surface area (Å²) < 4.78 is 16.2. The molecule has 0 aromatic heterocycles. The van der Waals surface area contributed by atoms with E-state index in [9.17, 15) is 4.79 Å². The molecule has 0 aliphatic heterocycles. The minimum absolute atomic E-state index is 0.0417. The van der Waals surface area contributed by atoms with E-state index in [0.29, 0.717) is 6.61 Å². The van der Waals surface area contributed by atoms with Gasteiger partial charge in [-0.15, -0.1) is 0 Å². The highest BCUT2D eigenvalue weighted by molar-refractivity contribution is 6.08. The fourth-order valence-electron chi connectivity index (χ4n) is 1.19. The van der Waals surface area contributed by atoms with E-state index in [1.54, 1.807) is 0 Å². The Morgan fingerprint density at radius 1 is 1.17 bits per heavy atom. The molecule has 4 nitrogen and oxygen atoms in total. The van der Waals surface area contributed by atoms with Crippen LogP contribution in [0.4, 0.5) is 0 Å². The van der Waals surface area contributed by atoms with Crippen molar-refractivity contribution in [3.63, 3.8) is 0 Å². The molecular weight excluding hydrogens is 248 g/mol. The minimum atomic E-state index is -0.728. The van der Waals surface area contributed by atoms with E-state index in [1.165, 1.54) is 0 Å². The predicted octanol–water partition coefficient (Wildman–Crippen LogP) is 1.44. The van der Waals surface area contributed by atoms with Gasteiger partial charge in [0.1, 0.15) is 0 Å². The third-order valence-electron chi connectivity index (χ3n) is 2.07. The maximum atomic E-state index is 11.8. The minimum Gasteiger partial charge on any atom is -0.462 e. The topological polar surface area (TPSA) is 44.8 Å². The highest BCUT2D eigenvalue weighted by atomic mass is 28.1. The van der Waals surface area contributed by atoms with Crippen LogP contribution in [0.2, 0.25) is 6.04 Å². The van der Waals surface area contributed by atoms with Gasteiger partial charge in [-0.05, 0) is 34.1 Å². The first kappa shape index (κ1) is 17.3.